The highest BCUT2D eigenvalue weighted by molar-refractivity contribution is 5.96. The minimum absolute atomic E-state index is 0.00710. The van der Waals surface area contributed by atoms with Crippen molar-refractivity contribution >= 4 is 17.3 Å². The topological polar surface area (TPSA) is 52.6 Å². The highest BCUT2D eigenvalue weighted by Crippen LogP contribution is 2.26. The zero-order valence-electron chi connectivity index (χ0n) is 14.6. The van der Waals surface area contributed by atoms with E-state index in [-0.39, 0.29) is 24.3 Å². The summed E-state index contributed by atoms with van der Waals surface area (Å²) in [6.45, 7) is 4.81. The molecule has 1 atom stereocenters. The van der Waals surface area contributed by atoms with Crippen molar-refractivity contribution in [3.8, 4) is 0 Å². The zero-order chi connectivity index (χ0) is 17.5. The zero-order valence-corrected chi connectivity index (χ0v) is 14.6. The minimum atomic E-state index is -0.178. The number of aliphatic hydroxyl groups is 1. The Balaban J connectivity index is 2.10. The van der Waals surface area contributed by atoms with Gasteiger partial charge >= 0.3 is 0 Å². The van der Waals surface area contributed by atoms with Crippen molar-refractivity contribution in [2.75, 3.05) is 30.4 Å². The number of aliphatic hydroxyl groups excluding tert-OH is 1. The molecule has 2 rings (SSSR count). The summed E-state index contributed by atoms with van der Waals surface area (Å²) in [6.07, 6.45) is 0. The van der Waals surface area contributed by atoms with E-state index in [1.54, 1.807) is 0 Å². The van der Waals surface area contributed by atoms with Crippen molar-refractivity contribution in [1.82, 2.24) is 0 Å². The summed E-state index contributed by atoms with van der Waals surface area (Å²) in [5, 5.41) is 12.0. The predicted molar refractivity (Wildman–Crippen MR) is 99.4 cm³/mol. The minimum Gasteiger partial charge on any atom is -0.395 e. The molecule has 1 unspecified atom stereocenters. The number of hydrogen-bond donors (Lipinski definition) is 2. The third kappa shape index (κ3) is 4.59. The van der Waals surface area contributed by atoms with Crippen LogP contribution >= 0.6 is 0 Å². The van der Waals surface area contributed by atoms with Crippen LogP contribution in [-0.4, -0.2) is 31.2 Å². The van der Waals surface area contributed by atoms with Gasteiger partial charge < -0.3 is 15.3 Å². The van der Waals surface area contributed by atoms with Crippen LogP contribution in [0.2, 0.25) is 0 Å². The first-order valence-corrected chi connectivity index (χ1v) is 8.30. The fourth-order valence-electron chi connectivity index (χ4n) is 2.80. The van der Waals surface area contributed by atoms with Crippen LogP contribution in [0.25, 0.3) is 0 Å². The van der Waals surface area contributed by atoms with Gasteiger partial charge in [-0.15, -0.1) is 0 Å². The first-order chi connectivity index (χ1) is 11.5. The van der Waals surface area contributed by atoms with E-state index in [0.29, 0.717) is 6.54 Å². The molecular weight excluding hydrogens is 300 g/mol. The number of nitrogens with one attached hydrogen (secondary N) is 1. The lowest BCUT2D eigenvalue weighted by molar-refractivity contribution is -0.118. The largest absolute Gasteiger partial charge is 0.395 e. The summed E-state index contributed by atoms with van der Waals surface area (Å²) in [4.78, 5) is 14.7. The van der Waals surface area contributed by atoms with Gasteiger partial charge in [-0.3, -0.25) is 4.79 Å². The average molecular weight is 326 g/mol. The molecule has 0 bridgehead atoms. The number of amides is 1. The van der Waals surface area contributed by atoms with E-state index in [4.69, 9.17) is 5.11 Å². The van der Waals surface area contributed by atoms with E-state index >= 15 is 0 Å². The van der Waals surface area contributed by atoms with E-state index in [9.17, 15) is 4.79 Å². The maximum Gasteiger partial charge on any atom is 0.232 e. The normalized spacial score (nSPS) is 12.0. The Kier molecular flexibility index (Phi) is 6.38. The Morgan fingerprint density at radius 3 is 2.25 bits per heavy atom. The average Bonchev–Trinajstić information content (AvgIpc) is 2.56. The van der Waals surface area contributed by atoms with Gasteiger partial charge in [0.15, 0.2) is 0 Å². The number of likely N-dealkylation sites (N-methyl/N-ethyl adjacent to an activating group) is 1. The predicted octanol–water partition coefficient (Wildman–Crippen LogP) is 3.49. The summed E-state index contributed by atoms with van der Waals surface area (Å²) in [6, 6.07) is 17.5. The van der Waals surface area contributed by atoms with Crippen molar-refractivity contribution in [2.45, 2.75) is 19.8 Å². The van der Waals surface area contributed by atoms with Crippen molar-refractivity contribution in [3.05, 3.63) is 60.2 Å². The second-order valence-electron chi connectivity index (χ2n) is 6.31. The van der Waals surface area contributed by atoms with Crippen molar-refractivity contribution in [1.29, 1.82) is 0 Å². The molecule has 0 heterocycles. The highest BCUT2D eigenvalue weighted by atomic mass is 16.3. The van der Waals surface area contributed by atoms with Gasteiger partial charge in [-0.2, -0.15) is 0 Å². The molecular formula is C20H26N2O2. The Labute approximate surface area is 144 Å². The summed E-state index contributed by atoms with van der Waals surface area (Å²) in [5.74, 6) is 0.0398. The molecule has 4 nitrogen and oxygen atoms in total. The lowest BCUT2D eigenvalue weighted by Gasteiger charge is -2.21. The van der Waals surface area contributed by atoms with Gasteiger partial charge in [0, 0.05) is 25.0 Å². The van der Waals surface area contributed by atoms with Crippen LogP contribution in [-0.2, 0) is 4.79 Å². The Hall–Kier alpha value is -2.33. The summed E-state index contributed by atoms with van der Waals surface area (Å²) in [7, 11) is 1.92. The van der Waals surface area contributed by atoms with Crippen LogP contribution in [0.1, 0.15) is 25.3 Å². The van der Waals surface area contributed by atoms with E-state index in [1.165, 1.54) is 0 Å². The van der Waals surface area contributed by atoms with Crippen LogP contribution in [0.3, 0.4) is 0 Å². The van der Waals surface area contributed by atoms with Crippen molar-refractivity contribution in [3.63, 3.8) is 0 Å². The van der Waals surface area contributed by atoms with Crippen LogP contribution in [0.15, 0.2) is 54.6 Å². The van der Waals surface area contributed by atoms with Gasteiger partial charge in [-0.1, -0.05) is 44.2 Å². The molecule has 0 aliphatic rings. The van der Waals surface area contributed by atoms with Crippen LogP contribution < -0.4 is 10.2 Å². The number of nitrogens with zero attached hydrogens (tertiary/aromatic N) is 1. The Morgan fingerprint density at radius 2 is 1.71 bits per heavy atom. The third-order valence-corrected chi connectivity index (χ3v) is 4.12. The van der Waals surface area contributed by atoms with Crippen LogP contribution in [0.4, 0.5) is 11.4 Å². The standard InChI is InChI=1S/C20H26N2O2/c1-15(2)19(16-7-5-4-6-8-16)20(24)21-17-9-11-18(12-10-17)22(3)13-14-23/h4-12,15,19,23H,13-14H2,1-3H3,(H,21,24). The molecule has 128 valence electrons. The number of carbonyl (C=O) groups is 1. The molecule has 1 amide bonds. The van der Waals surface area contributed by atoms with Gasteiger partial charge in [-0.25, -0.2) is 0 Å². The maximum absolute atomic E-state index is 12.7. The van der Waals surface area contributed by atoms with Gasteiger partial charge in [0.2, 0.25) is 5.91 Å². The van der Waals surface area contributed by atoms with Crippen molar-refractivity contribution in [2.24, 2.45) is 5.92 Å². The Bertz CT molecular complexity index is 638. The highest BCUT2D eigenvalue weighted by Gasteiger charge is 2.24. The molecule has 0 aliphatic heterocycles. The Morgan fingerprint density at radius 1 is 1.08 bits per heavy atom. The molecule has 0 spiro atoms. The molecule has 2 N–H and O–H groups in total. The first-order valence-electron chi connectivity index (χ1n) is 8.30. The van der Waals surface area contributed by atoms with Crippen molar-refractivity contribution < 1.29 is 9.90 Å². The second kappa shape index (κ2) is 8.50. The number of benzene rings is 2. The van der Waals surface area contributed by atoms with Gasteiger partial charge in [-0.05, 0) is 35.7 Å². The third-order valence-electron chi connectivity index (χ3n) is 4.12. The molecule has 2 aromatic carbocycles. The summed E-state index contributed by atoms with van der Waals surface area (Å²) >= 11 is 0. The molecule has 0 aromatic heterocycles. The fourth-order valence-corrected chi connectivity index (χ4v) is 2.80. The first kappa shape index (κ1) is 18.0. The van der Waals surface area contributed by atoms with Gasteiger partial charge in [0.25, 0.3) is 0 Å². The second-order valence-corrected chi connectivity index (χ2v) is 6.31. The summed E-state index contributed by atoms with van der Waals surface area (Å²) < 4.78 is 0. The molecule has 2 aromatic rings. The van der Waals surface area contributed by atoms with E-state index in [1.807, 2.05) is 66.5 Å². The number of hydrogen-bond acceptors (Lipinski definition) is 3. The molecule has 0 saturated heterocycles. The van der Waals surface area contributed by atoms with Gasteiger partial charge in [0.1, 0.15) is 0 Å². The number of rotatable bonds is 7. The van der Waals surface area contributed by atoms with Gasteiger partial charge in [0.05, 0.1) is 12.5 Å². The smallest absolute Gasteiger partial charge is 0.232 e. The molecule has 4 heteroatoms. The number of carbonyl (C=O) groups excluding carboxylic acids is 1. The van der Waals surface area contributed by atoms with Crippen LogP contribution in [0.5, 0.6) is 0 Å². The van der Waals surface area contributed by atoms with E-state index in [0.717, 1.165) is 16.9 Å². The lowest BCUT2D eigenvalue weighted by atomic mass is 9.87. The molecule has 0 saturated carbocycles. The lowest BCUT2D eigenvalue weighted by Crippen LogP contribution is -2.25. The monoisotopic (exact) mass is 326 g/mol. The fraction of sp³-hybridized carbons (Fsp3) is 0.350. The summed E-state index contributed by atoms with van der Waals surface area (Å²) in [5.41, 5.74) is 2.82. The molecule has 0 radical (unpaired) electrons. The maximum atomic E-state index is 12.7. The van der Waals surface area contributed by atoms with E-state index in [2.05, 4.69) is 19.2 Å². The SMILES string of the molecule is CC(C)C(C(=O)Nc1ccc(N(C)CCO)cc1)c1ccccc1. The molecule has 0 fully saturated rings. The molecule has 0 aliphatic carbocycles. The van der Waals surface area contributed by atoms with E-state index < -0.39 is 0 Å². The van der Waals surface area contributed by atoms with Crippen LogP contribution in [0, 0.1) is 5.92 Å². The quantitative estimate of drug-likeness (QED) is 0.819. The molecule has 24 heavy (non-hydrogen) atoms. The number of anilines is 2.